The topological polar surface area (TPSA) is 68.3 Å². The zero-order chi connectivity index (χ0) is 14.5. The molecule has 2 rings (SSSR count). The first kappa shape index (κ1) is 14.2. The number of amides is 1. The Kier molecular flexibility index (Phi) is 4.46. The van der Waals surface area contributed by atoms with Gasteiger partial charge >= 0.3 is 0 Å². The first-order valence-electron chi connectivity index (χ1n) is 5.96. The fourth-order valence-electron chi connectivity index (χ4n) is 1.61. The van der Waals surface area contributed by atoms with Crippen molar-refractivity contribution in [3.05, 3.63) is 52.4 Å². The third-order valence-electron chi connectivity index (χ3n) is 2.62. The fourth-order valence-corrected chi connectivity index (χ4v) is 1.76. The number of benzene rings is 1. The van der Waals surface area contributed by atoms with Crippen LogP contribution in [0.4, 0.5) is 5.69 Å². The van der Waals surface area contributed by atoms with Crippen LogP contribution in [0.1, 0.15) is 21.7 Å². The van der Waals surface area contributed by atoms with Crippen molar-refractivity contribution in [2.75, 3.05) is 11.9 Å². The standard InChI is InChI=1S/C15H13ClN2O2/c1-10-4-5-12(9-11(10)3-2-8-17)18-15(19)13-6-7-14(16)20-13/h4-7,9H,8,17H2,1H3,(H,18,19). The monoisotopic (exact) mass is 288 g/mol. The molecule has 0 aliphatic rings. The highest BCUT2D eigenvalue weighted by Gasteiger charge is 2.11. The van der Waals surface area contributed by atoms with Gasteiger partial charge in [-0.2, -0.15) is 0 Å². The minimum atomic E-state index is -0.363. The molecule has 0 saturated carbocycles. The summed E-state index contributed by atoms with van der Waals surface area (Å²) in [7, 11) is 0. The summed E-state index contributed by atoms with van der Waals surface area (Å²) in [5.74, 6) is 5.54. The molecule has 1 amide bonds. The zero-order valence-corrected chi connectivity index (χ0v) is 11.6. The molecular formula is C15H13ClN2O2. The highest BCUT2D eigenvalue weighted by atomic mass is 35.5. The molecule has 1 aromatic carbocycles. The summed E-state index contributed by atoms with van der Waals surface area (Å²) in [5.41, 5.74) is 7.83. The Morgan fingerprint density at radius 1 is 1.40 bits per heavy atom. The zero-order valence-electron chi connectivity index (χ0n) is 10.9. The summed E-state index contributed by atoms with van der Waals surface area (Å²) in [6.45, 7) is 2.24. The number of nitrogens with two attached hydrogens (primary N) is 1. The van der Waals surface area contributed by atoms with Crippen LogP contribution in [0, 0.1) is 18.8 Å². The van der Waals surface area contributed by atoms with Gasteiger partial charge in [0.1, 0.15) is 0 Å². The lowest BCUT2D eigenvalue weighted by Gasteiger charge is -2.05. The summed E-state index contributed by atoms with van der Waals surface area (Å²) in [6.07, 6.45) is 0. The second-order valence-corrected chi connectivity index (χ2v) is 4.47. The lowest BCUT2D eigenvalue weighted by atomic mass is 10.1. The van der Waals surface area contributed by atoms with Gasteiger partial charge in [-0.15, -0.1) is 0 Å². The summed E-state index contributed by atoms with van der Waals surface area (Å²) in [4.78, 5) is 11.9. The number of aryl methyl sites for hydroxylation is 1. The molecule has 1 heterocycles. The van der Waals surface area contributed by atoms with E-state index in [0.717, 1.165) is 11.1 Å². The molecule has 4 nitrogen and oxygen atoms in total. The first-order chi connectivity index (χ1) is 9.60. The van der Waals surface area contributed by atoms with Gasteiger partial charge in [-0.1, -0.05) is 17.9 Å². The minimum absolute atomic E-state index is 0.158. The van der Waals surface area contributed by atoms with Crippen molar-refractivity contribution in [1.82, 2.24) is 0 Å². The van der Waals surface area contributed by atoms with Crippen molar-refractivity contribution in [1.29, 1.82) is 0 Å². The number of carbonyl (C=O) groups is 1. The Morgan fingerprint density at radius 2 is 2.20 bits per heavy atom. The maximum absolute atomic E-state index is 11.9. The van der Waals surface area contributed by atoms with Gasteiger partial charge in [-0.05, 0) is 48.4 Å². The minimum Gasteiger partial charge on any atom is -0.440 e. The van der Waals surface area contributed by atoms with E-state index in [9.17, 15) is 4.79 Å². The molecule has 3 N–H and O–H groups in total. The Bertz CT molecular complexity index is 695. The van der Waals surface area contributed by atoms with Gasteiger partial charge in [-0.25, -0.2) is 0 Å². The van der Waals surface area contributed by atoms with E-state index in [-0.39, 0.29) is 16.9 Å². The summed E-state index contributed by atoms with van der Waals surface area (Å²) >= 11 is 5.63. The predicted molar refractivity (Wildman–Crippen MR) is 78.8 cm³/mol. The van der Waals surface area contributed by atoms with E-state index in [1.54, 1.807) is 12.1 Å². The smallest absolute Gasteiger partial charge is 0.291 e. The molecule has 0 aliphatic heterocycles. The van der Waals surface area contributed by atoms with E-state index in [1.807, 2.05) is 13.0 Å². The summed E-state index contributed by atoms with van der Waals surface area (Å²) < 4.78 is 5.05. The Balaban J connectivity index is 2.19. The lowest BCUT2D eigenvalue weighted by Crippen LogP contribution is -2.11. The van der Waals surface area contributed by atoms with Gasteiger partial charge in [0.15, 0.2) is 11.0 Å². The maximum atomic E-state index is 11.9. The second kappa shape index (κ2) is 6.29. The van der Waals surface area contributed by atoms with Crippen LogP contribution < -0.4 is 11.1 Å². The van der Waals surface area contributed by atoms with Gasteiger partial charge in [0.2, 0.25) is 0 Å². The van der Waals surface area contributed by atoms with Crippen LogP contribution in [0.5, 0.6) is 0 Å². The van der Waals surface area contributed by atoms with E-state index < -0.39 is 0 Å². The molecule has 0 unspecified atom stereocenters. The van der Waals surface area contributed by atoms with E-state index in [1.165, 1.54) is 12.1 Å². The van der Waals surface area contributed by atoms with Crippen molar-refractivity contribution >= 4 is 23.2 Å². The maximum Gasteiger partial charge on any atom is 0.291 e. The van der Waals surface area contributed by atoms with Crippen molar-refractivity contribution in [2.45, 2.75) is 6.92 Å². The Hall–Kier alpha value is -2.22. The SMILES string of the molecule is Cc1ccc(NC(=O)c2ccc(Cl)o2)cc1C#CCN. The largest absolute Gasteiger partial charge is 0.440 e. The van der Waals surface area contributed by atoms with E-state index in [2.05, 4.69) is 17.2 Å². The number of halogens is 1. The van der Waals surface area contributed by atoms with E-state index in [4.69, 9.17) is 21.8 Å². The fraction of sp³-hybridized carbons (Fsp3) is 0.133. The highest BCUT2D eigenvalue weighted by Crippen LogP contribution is 2.17. The average Bonchev–Trinajstić information content (AvgIpc) is 2.86. The molecule has 1 aromatic heterocycles. The number of nitrogens with one attached hydrogen (secondary N) is 1. The Morgan fingerprint density at radius 3 is 2.85 bits per heavy atom. The number of furan rings is 1. The van der Waals surface area contributed by atoms with Crippen LogP contribution in [-0.4, -0.2) is 12.5 Å². The van der Waals surface area contributed by atoms with Crippen LogP contribution in [0.15, 0.2) is 34.7 Å². The van der Waals surface area contributed by atoms with Crippen LogP contribution >= 0.6 is 11.6 Å². The van der Waals surface area contributed by atoms with Crippen molar-refractivity contribution in [3.8, 4) is 11.8 Å². The van der Waals surface area contributed by atoms with Crippen molar-refractivity contribution in [3.63, 3.8) is 0 Å². The number of hydrogen-bond donors (Lipinski definition) is 2. The first-order valence-corrected chi connectivity index (χ1v) is 6.34. The van der Waals surface area contributed by atoms with E-state index in [0.29, 0.717) is 12.2 Å². The normalized spacial score (nSPS) is 9.75. The molecule has 0 saturated heterocycles. The quantitative estimate of drug-likeness (QED) is 0.835. The molecule has 0 bridgehead atoms. The third-order valence-corrected chi connectivity index (χ3v) is 2.82. The van der Waals surface area contributed by atoms with Gasteiger partial charge < -0.3 is 15.5 Å². The lowest BCUT2D eigenvalue weighted by molar-refractivity contribution is 0.0997. The predicted octanol–water partition coefficient (Wildman–Crippen LogP) is 2.80. The number of anilines is 1. The van der Waals surface area contributed by atoms with Gasteiger partial charge in [0, 0.05) is 11.3 Å². The molecule has 0 aliphatic carbocycles. The molecule has 20 heavy (non-hydrogen) atoms. The van der Waals surface area contributed by atoms with Crippen molar-refractivity contribution in [2.24, 2.45) is 5.73 Å². The van der Waals surface area contributed by atoms with Gasteiger partial charge in [0.25, 0.3) is 5.91 Å². The highest BCUT2D eigenvalue weighted by molar-refractivity contribution is 6.29. The van der Waals surface area contributed by atoms with Crippen LogP contribution in [0.3, 0.4) is 0 Å². The molecule has 2 aromatic rings. The van der Waals surface area contributed by atoms with Crippen LogP contribution in [0.2, 0.25) is 5.22 Å². The van der Waals surface area contributed by atoms with Gasteiger partial charge in [0.05, 0.1) is 6.54 Å². The number of carbonyl (C=O) groups excluding carboxylic acids is 1. The van der Waals surface area contributed by atoms with E-state index >= 15 is 0 Å². The number of hydrogen-bond acceptors (Lipinski definition) is 3. The molecule has 0 radical (unpaired) electrons. The second-order valence-electron chi connectivity index (χ2n) is 4.09. The summed E-state index contributed by atoms with van der Waals surface area (Å²) in [5, 5.41) is 2.90. The third kappa shape index (κ3) is 3.41. The van der Waals surface area contributed by atoms with Crippen molar-refractivity contribution < 1.29 is 9.21 Å². The van der Waals surface area contributed by atoms with Crippen LogP contribution in [0.25, 0.3) is 0 Å². The molecule has 5 heteroatoms. The molecule has 0 atom stereocenters. The molecule has 102 valence electrons. The summed E-state index contributed by atoms with van der Waals surface area (Å²) in [6, 6.07) is 8.50. The number of rotatable bonds is 2. The van der Waals surface area contributed by atoms with Crippen LogP contribution in [-0.2, 0) is 0 Å². The molecule has 0 spiro atoms. The Labute approximate surface area is 121 Å². The van der Waals surface area contributed by atoms with Gasteiger partial charge in [-0.3, -0.25) is 4.79 Å². The molecular weight excluding hydrogens is 276 g/mol. The average molecular weight is 289 g/mol. The molecule has 0 fully saturated rings.